The molecule has 1 aliphatic heterocycles. The van der Waals surface area contributed by atoms with Crippen molar-refractivity contribution >= 4 is 11.9 Å². The molecule has 0 saturated heterocycles. The molecule has 2 aromatic carbocycles. The standard InChI is InChI=1S/C26H29NO6/c1-31-20-10-9-17(16-7-4-8-18-19(16)14-27-24(18)28)22(23(20)32-2)33-21(13-15-5-3-6-15)26(11-12-26)25(29)30/h4,7-10,15,21H,3,5-6,11-14H2,1-2H3,(H,27,28)(H,29,30). The summed E-state index contributed by atoms with van der Waals surface area (Å²) < 4.78 is 17.9. The van der Waals surface area contributed by atoms with E-state index in [0.717, 1.165) is 29.5 Å². The van der Waals surface area contributed by atoms with Gasteiger partial charge in [0, 0.05) is 17.7 Å². The Morgan fingerprint density at radius 1 is 1.09 bits per heavy atom. The molecule has 174 valence electrons. The van der Waals surface area contributed by atoms with Gasteiger partial charge in [-0.15, -0.1) is 0 Å². The molecular formula is C26H29NO6. The Hall–Kier alpha value is -3.22. The van der Waals surface area contributed by atoms with E-state index in [4.69, 9.17) is 14.2 Å². The van der Waals surface area contributed by atoms with E-state index in [-0.39, 0.29) is 5.91 Å². The third-order valence-electron chi connectivity index (χ3n) is 7.50. The molecule has 2 saturated carbocycles. The summed E-state index contributed by atoms with van der Waals surface area (Å²) in [5, 5.41) is 12.9. The van der Waals surface area contributed by atoms with Crippen molar-refractivity contribution in [2.75, 3.05) is 14.2 Å². The molecule has 2 aliphatic carbocycles. The van der Waals surface area contributed by atoms with Gasteiger partial charge in [-0.2, -0.15) is 0 Å². The Morgan fingerprint density at radius 3 is 2.45 bits per heavy atom. The first-order valence-corrected chi connectivity index (χ1v) is 11.5. The van der Waals surface area contributed by atoms with E-state index in [1.165, 1.54) is 6.42 Å². The van der Waals surface area contributed by atoms with Crippen LogP contribution >= 0.6 is 0 Å². The number of fused-ring (bicyclic) bond motifs is 1. The van der Waals surface area contributed by atoms with Crippen molar-refractivity contribution in [3.63, 3.8) is 0 Å². The summed E-state index contributed by atoms with van der Waals surface area (Å²) in [5.41, 5.74) is 2.31. The highest BCUT2D eigenvalue weighted by atomic mass is 16.5. The van der Waals surface area contributed by atoms with Gasteiger partial charge in [-0.05, 0) is 54.5 Å². The topological polar surface area (TPSA) is 94.1 Å². The molecular weight excluding hydrogens is 422 g/mol. The average Bonchev–Trinajstić information content (AvgIpc) is 3.52. The van der Waals surface area contributed by atoms with Crippen LogP contribution in [0.15, 0.2) is 30.3 Å². The van der Waals surface area contributed by atoms with Crippen molar-refractivity contribution in [2.24, 2.45) is 11.3 Å². The van der Waals surface area contributed by atoms with Crippen LogP contribution in [0.2, 0.25) is 0 Å². The van der Waals surface area contributed by atoms with Crippen LogP contribution in [-0.4, -0.2) is 37.3 Å². The third-order valence-corrected chi connectivity index (χ3v) is 7.50. The highest BCUT2D eigenvalue weighted by molar-refractivity contribution is 6.01. The molecule has 33 heavy (non-hydrogen) atoms. The lowest BCUT2D eigenvalue weighted by molar-refractivity contribution is -0.148. The van der Waals surface area contributed by atoms with Crippen molar-refractivity contribution in [1.82, 2.24) is 5.32 Å². The first-order valence-electron chi connectivity index (χ1n) is 11.5. The summed E-state index contributed by atoms with van der Waals surface area (Å²) in [7, 11) is 3.12. The average molecular weight is 452 g/mol. The van der Waals surface area contributed by atoms with Gasteiger partial charge in [0.15, 0.2) is 11.5 Å². The number of methoxy groups -OCH3 is 2. The number of hydrogen-bond donors (Lipinski definition) is 2. The van der Waals surface area contributed by atoms with Gasteiger partial charge in [-0.1, -0.05) is 31.4 Å². The lowest BCUT2D eigenvalue weighted by Crippen LogP contribution is -2.38. The number of amides is 1. The first-order chi connectivity index (χ1) is 16.0. The van der Waals surface area contributed by atoms with Gasteiger partial charge in [0.2, 0.25) is 5.75 Å². The molecule has 7 nitrogen and oxygen atoms in total. The Balaban J connectivity index is 1.63. The summed E-state index contributed by atoms with van der Waals surface area (Å²) in [6, 6.07) is 9.33. The predicted octanol–water partition coefficient (Wildman–Crippen LogP) is 4.42. The van der Waals surface area contributed by atoms with Crippen LogP contribution in [0.1, 0.15) is 54.4 Å². The lowest BCUT2D eigenvalue weighted by atomic mass is 9.78. The van der Waals surface area contributed by atoms with Crippen molar-refractivity contribution in [2.45, 2.75) is 51.2 Å². The molecule has 0 bridgehead atoms. The Kier molecular flexibility index (Phi) is 5.43. The number of hydrogen-bond acceptors (Lipinski definition) is 5. The van der Waals surface area contributed by atoms with Crippen LogP contribution in [0.3, 0.4) is 0 Å². The molecule has 1 atom stereocenters. The number of nitrogens with one attached hydrogen (secondary N) is 1. The van der Waals surface area contributed by atoms with Crippen molar-refractivity contribution in [3.05, 3.63) is 41.5 Å². The molecule has 2 aromatic rings. The number of benzene rings is 2. The first kappa shape index (κ1) is 21.6. The molecule has 5 rings (SSSR count). The van der Waals surface area contributed by atoms with Gasteiger partial charge in [0.25, 0.3) is 5.91 Å². The predicted molar refractivity (Wildman–Crippen MR) is 122 cm³/mol. The van der Waals surface area contributed by atoms with Crippen LogP contribution in [0.5, 0.6) is 17.2 Å². The maximum Gasteiger partial charge on any atom is 0.313 e. The molecule has 3 aliphatic rings. The van der Waals surface area contributed by atoms with Gasteiger partial charge in [0.1, 0.15) is 11.5 Å². The zero-order valence-corrected chi connectivity index (χ0v) is 19.0. The molecule has 2 fully saturated rings. The van der Waals surface area contributed by atoms with E-state index < -0.39 is 17.5 Å². The van der Waals surface area contributed by atoms with Gasteiger partial charge in [0.05, 0.1) is 14.2 Å². The number of carbonyl (C=O) groups excluding carboxylic acids is 1. The fraction of sp³-hybridized carbons (Fsp3) is 0.462. The second kappa shape index (κ2) is 8.28. The largest absolute Gasteiger partial charge is 0.493 e. The van der Waals surface area contributed by atoms with Gasteiger partial charge in [-0.25, -0.2) is 0 Å². The maximum absolute atomic E-state index is 12.3. The molecule has 1 heterocycles. The summed E-state index contributed by atoms with van der Waals surface area (Å²) >= 11 is 0. The normalized spacial score (nSPS) is 19.2. The van der Waals surface area contributed by atoms with Crippen LogP contribution < -0.4 is 19.5 Å². The minimum Gasteiger partial charge on any atom is -0.493 e. The zero-order valence-electron chi connectivity index (χ0n) is 19.0. The van der Waals surface area contributed by atoms with Crippen LogP contribution in [0, 0.1) is 11.3 Å². The molecule has 0 spiro atoms. The number of aliphatic carboxylic acids is 1. The second-order valence-corrected chi connectivity index (χ2v) is 9.29. The highest BCUT2D eigenvalue weighted by Crippen LogP contribution is 2.55. The monoisotopic (exact) mass is 451 g/mol. The number of carbonyl (C=O) groups is 2. The van der Waals surface area contributed by atoms with Crippen molar-refractivity contribution < 1.29 is 28.9 Å². The van der Waals surface area contributed by atoms with Crippen LogP contribution in [0.4, 0.5) is 0 Å². The Morgan fingerprint density at radius 2 is 1.85 bits per heavy atom. The number of rotatable bonds is 9. The lowest BCUT2D eigenvalue weighted by Gasteiger charge is -2.34. The van der Waals surface area contributed by atoms with Crippen LogP contribution in [-0.2, 0) is 11.3 Å². The Labute approximate surface area is 193 Å². The van der Waals surface area contributed by atoms with E-state index in [1.54, 1.807) is 14.2 Å². The minimum atomic E-state index is -0.864. The molecule has 0 radical (unpaired) electrons. The summed E-state index contributed by atoms with van der Waals surface area (Å²) in [6.45, 7) is 0.433. The van der Waals surface area contributed by atoms with Gasteiger partial charge in [-0.3, -0.25) is 9.59 Å². The third kappa shape index (κ3) is 3.59. The van der Waals surface area contributed by atoms with Crippen LogP contribution in [0.25, 0.3) is 11.1 Å². The minimum absolute atomic E-state index is 0.0968. The quantitative estimate of drug-likeness (QED) is 0.586. The molecule has 7 heteroatoms. The van der Waals surface area contributed by atoms with Gasteiger partial charge >= 0.3 is 5.97 Å². The summed E-state index contributed by atoms with van der Waals surface area (Å²) in [4.78, 5) is 24.5. The molecule has 1 unspecified atom stereocenters. The summed E-state index contributed by atoms with van der Waals surface area (Å²) in [6.07, 6.45) is 4.87. The molecule has 0 aromatic heterocycles. The number of carboxylic acids is 1. The maximum atomic E-state index is 12.3. The van der Waals surface area contributed by atoms with E-state index in [1.807, 2.05) is 30.3 Å². The smallest absolute Gasteiger partial charge is 0.313 e. The van der Waals surface area contributed by atoms with E-state index in [9.17, 15) is 14.7 Å². The van der Waals surface area contributed by atoms with Crippen molar-refractivity contribution in [1.29, 1.82) is 0 Å². The van der Waals surface area contributed by atoms with E-state index in [0.29, 0.717) is 54.5 Å². The number of ether oxygens (including phenoxy) is 3. The zero-order chi connectivity index (χ0) is 23.2. The Bertz CT molecular complexity index is 1100. The van der Waals surface area contributed by atoms with E-state index in [2.05, 4.69) is 5.32 Å². The fourth-order valence-electron chi connectivity index (χ4n) is 5.10. The fourth-order valence-corrected chi connectivity index (χ4v) is 5.10. The van der Waals surface area contributed by atoms with Crippen molar-refractivity contribution in [3.8, 4) is 28.4 Å². The second-order valence-electron chi connectivity index (χ2n) is 9.29. The SMILES string of the molecule is COc1ccc(-c2cccc3c2CNC3=O)c(OC(CC2CCC2)C2(C(=O)O)CC2)c1OC. The molecule has 1 amide bonds. The number of carboxylic acid groups (broad SMARTS) is 1. The highest BCUT2D eigenvalue weighted by Gasteiger charge is 2.58. The summed E-state index contributed by atoms with van der Waals surface area (Å²) in [5.74, 6) is 1.01. The molecule has 2 N–H and O–H groups in total. The van der Waals surface area contributed by atoms with Gasteiger partial charge < -0.3 is 24.6 Å². The van der Waals surface area contributed by atoms with E-state index >= 15 is 0 Å².